The highest BCUT2D eigenvalue weighted by molar-refractivity contribution is 7.92. The Kier molecular flexibility index (Phi) is 10.3. The molecule has 0 spiro atoms. The maximum absolute atomic E-state index is 14.1. The lowest BCUT2D eigenvalue weighted by molar-refractivity contribution is -0.141. The van der Waals surface area contributed by atoms with Gasteiger partial charge in [0.2, 0.25) is 28.6 Å². The van der Waals surface area contributed by atoms with Crippen LogP contribution in [-0.2, 0) is 32.6 Å². The van der Waals surface area contributed by atoms with Crippen LogP contribution in [0.2, 0.25) is 5.02 Å². The lowest BCUT2D eigenvalue weighted by Crippen LogP contribution is -2.52. The van der Waals surface area contributed by atoms with Crippen LogP contribution >= 0.6 is 11.6 Å². The second-order valence-electron chi connectivity index (χ2n) is 11.3. The topological polar surface area (TPSA) is 105 Å². The molecule has 9 nitrogen and oxygen atoms in total. The average Bonchev–Trinajstić information content (AvgIpc) is 3.69. The maximum atomic E-state index is 14.1. The third-order valence-electron chi connectivity index (χ3n) is 8.07. The second kappa shape index (κ2) is 14.3. The Morgan fingerprint density at radius 3 is 2.41 bits per heavy atom. The first-order valence-electron chi connectivity index (χ1n) is 14.9. The van der Waals surface area contributed by atoms with Crippen molar-refractivity contribution in [3.8, 4) is 11.5 Å². The van der Waals surface area contributed by atoms with Gasteiger partial charge in [-0.25, -0.2) is 8.42 Å². The average molecular weight is 640 g/mol. The van der Waals surface area contributed by atoms with Gasteiger partial charge in [-0.15, -0.1) is 0 Å². The molecule has 0 aromatic heterocycles. The number of anilines is 1. The summed E-state index contributed by atoms with van der Waals surface area (Å²) in [5.41, 5.74) is 2.09. The summed E-state index contributed by atoms with van der Waals surface area (Å²) in [5.74, 6) is 0.564. The van der Waals surface area contributed by atoms with Gasteiger partial charge in [0.1, 0.15) is 6.04 Å². The van der Waals surface area contributed by atoms with Gasteiger partial charge in [0.15, 0.2) is 11.5 Å². The van der Waals surface area contributed by atoms with Crippen LogP contribution < -0.4 is 19.1 Å². The number of carbonyl (C=O) groups excluding carboxylic acids is 2. The minimum absolute atomic E-state index is 0.0308. The number of fused-ring (bicyclic) bond motifs is 1. The number of nitrogens with one attached hydrogen (secondary N) is 1. The summed E-state index contributed by atoms with van der Waals surface area (Å²) < 4.78 is 37.6. The zero-order valence-corrected chi connectivity index (χ0v) is 26.4. The van der Waals surface area contributed by atoms with E-state index in [1.807, 2.05) is 48.5 Å². The zero-order chi connectivity index (χ0) is 31.1. The minimum atomic E-state index is -3.66. The molecule has 1 atom stereocenters. The number of amides is 2. The van der Waals surface area contributed by atoms with Crippen molar-refractivity contribution in [2.24, 2.45) is 0 Å². The quantitative estimate of drug-likeness (QED) is 0.272. The van der Waals surface area contributed by atoms with Crippen LogP contribution in [0.4, 0.5) is 5.69 Å². The SMILES string of the molecule is CS(=O)(=O)N(CCCC(=O)N(Cc1ccccc1Cl)[C@@H](Cc1ccccc1)C(=O)NC1CCCC1)c1ccc2c(c1)OCO2. The van der Waals surface area contributed by atoms with Crippen molar-refractivity contribution in [1.82, 2.24) is 10.2 Å². The number of hydrogen-bond donors (Lipinski definition) is 1. The van der Waals surface area contributed by atoms with Gasteiger partial charge in [-0.05, 0) is 48.6 Å². The molecule has 11 heteroatoms. The predicted octanol–water partition coefficient (Wildman–Crippen LogP) is 5.31. The molecule has 3 aromatic rings. The summed E-state index contributed by atoms with van der Waals surface area (Å²) in [5, 5.41) is 3.70. The number of nitrogens with zero attached hydrogens (tertiary/aromatic N) is 2. The van der Waals surface area contributed by atoms with Gasteiger partial charge in [-0.3, -0.25) is 13.9 Å². The van der Waals surface area contributed by atoms with Crippen LogP contribution in [-0.4, -0.2) is 56.8 Å². The van der Waals surface area contributed by atoms with E-state index in [4.69, 9.17) is 21.1 Å². The molecule has 1 aliphatic carbocycles. The zero-order valence-electron chi connectivity index (χ0n) is 24.8. The monoisotopic (exact) mass is 639 g/mol. The van der Waals surface area contributed by atoms with Gasteiger partial charge in [-0.1, -0.05) is 73.0 Å². The number of halogens is 1. The smallest absolute Gasteiger partial charge is 0.243 e. The number of benzene rings is 3. The fraction of sp³-hybridized carbons (Fsp3) is 0.394. The van der Waals surface area contributed by atoms with Gasteiger partial charge in [0.05, 0.1) is 11.9 Å². The minimum Gasteiger partial charge on any atom is -0.454 e. The van der Waals surface area contributed by atoms with E-state index in [-0.39, 0.29) is 50.6 Å². The lowest BCUT2D eigenvalue weighted by Gasteiger charge is -2.33. The summed E-state index contributed by atoms with van der Waals surface area (Å²) in [7, 11) is -3.66. The maximum Gasteiger partial charge on any atom is 0.243 e. The molecule has 3 aromatic carbocycles. The number of carbonyl (C=O) groups is 2. The fourth-order valence-electron chi connectivity index (χ4n) is 5.78. The highest BCUT2D eigenvalue weighted by Crippen LogP contribution is 2.36. The molecule has 0 bridgehead atoms. The predicted molar refractivity (Wildman–Crippen MR) is 170 cm³/mol. The fourth-order valence-corrected chi connectivity index (χ4v) is 6.93. The molecule has 2 aliphatic rings. The van der Waals surface area contributed by atoms with E-state index in [2.05, 4.69) is 5.32 Å². The Balaban J connectivity index is 1.38. The van der Waals surface area contributed by atoms with Crippen molar-refractivity contribution in [3.05, 3.63) is 88.9 Å². The van der Waals surface area contributed by atoms with E-state index in [1.165, 1.54) is 4.31 Å². The van der Waals surface area contributed by atoms with E-state index >= 15 is 0 Å². The normalized spacial score (nSPS) is 15.1. The highest BCUT2D eigenvalue weighted by Gasteiger charge is 2.32. The van der Waals surface area contributed by atoms with Crippen LogP contribution in [0.15, 0.2) is 72.8 Å². The summed E-state index contributed by atoms with van der Waals surface area (Å²) in [6, 6.07) is 21.2. The van der Waals surface area contributed by atoms with Crippen LogP contribution in [0, 0.1) is 0 Å². The largest absolute Gasteiger partial charge is 0.454 e. The van der Waals surface area contributed by atoms with E-state index < -0.39 is 16.1 Å². The molecular weight excluding hydrogens is 602 g/mol. The number of sulfonamides is 1. The Labute approximate surface area is 264 Å². The molecule has 1 fully saturated rings. The Hall–Kier alpha value is -3.76. The van der Waals surface area contributed by atoms with Crippen LogP contribution in [0.1, 0.15) is 49.7 Å². The highest BCUT2D eigenvalue weighted by atomic mass is 35.5. The van der Waals surface area contributed by atoms with E-state index in [9.17, 15) is 18.0 Å². The summed E-state index contributed by atoms with van der Waals surface area (Å²) in [4.78, 5) is 29.5. The van der Waals surface area contributed by atoms with Crippen LogP contribution in [0.25, 0.3) is 0 Å². The van der Waals surface area contributed by atoms with E-state index in [0.717, 1.165) is 43.1 Å². The Morgan fingerprint density at radius 1 is 0.977 bits per heavy atom. The van der Waals surface area contributed by atoms with Crippen molar-refractivity contribution in [2.45, 2.75) is 63.6 Å². The molecular formula is C33H38ClN3O6S. The molecule has 234 valence electrons. The van der Waals surface area contributed by atoms with Crippen LogP contribution in [0.3, 0.4) is 0 Å². The van der Waals surface area contributed by atoms with Gasteiger partial charge in [-0.2, -0.15) is 0 Å². The van der Waals surface area contributed by atoms with Crippen molar-refractivity contribution in [1.29, 1.82) is 0 Å². The van der Waals surface area contributed by atoms with Gasteiger partial charge in [0.25, 0.3) is 0 Å². The molecule has 44 heavy (non-hydrogen) atoms. The molecule has 0 unspecified atom stereocenters. The van der Waals surface area contributed by atoms with E-state index in [0.29, 0.717) is 28.6 Å². The first-order chi connectivity index (χ1) is 21.2. The number of hydrogen-bond acceptors (Lipinski definition) is 6. The van der Waals surface area contributed by atoms with Crippen molar-refractivity contribution < 1.29 is 27.5 Å². The van der Waals surface area contributed by atoms with Crippen molar-refractivity contribution >= 4 is 39.1 Å². The van der Waals surface area contributed by atoms with Gasteiger partial charge < -0.3 is 19.7 Å². The Bertz CT molecular complexity index is 1560. The molecule has 2 amide bonds. The van der Waals surface area contributed by atoms with E-state index in [1.54, 1.807) is 29.2 Å². The molecule has 1 N–H and O–H groups in total. The molecule has 0 saturated heterocycles. The number of ether oxygens (including phenoxy) is 2. The molecule has 0 radical (unpaired) electrons. The summed E-state index contributed by atoms with van der Waals surface area (Å²) >= 11 is 6.53. The summed E-state index contributed by atoms with van der Waals surface area (Å²) in [6.07, 6.45) is 5.71. The standard InChI is InChI=1S/C33H38ClN3O6S/c1-44(40,41)37(27-17-18-30-31(21-27)43-23-42-30)19-9-16-32(38)36(22-25-12-5-8-15-28(25)34)29(20-24-10-3-2-4-11-24)33(39)35-26-13-6-7-14-26/h2-5,8,10-12,15,17-18,21,26,29H,6-7,9,13-14,16,19-20,22-23H2,1H3,(H,35,39)/t29-/m0/s1. The van der Waals surface area contributed by atoms with Crippen molar-refractivity contribution in [3.63, 3.8) is 0 Å². The third kappa shape index (κ3) is 8.04. The number of rotatable bonds is 13. The molecule has 1 heterocycles. The van der Waals surface area contributed by atoms with Gasteiger partial charge in [0, 0.05) is 43.1 Å². The van der Waals surface area contributed by atoms with Crippen molar-refractivity contribution in [2.75, 3.05) is 23.9 Å². The summed E-state index contributed by atoms with van der Waals surface area (Å²) in [6.45, 7) is 0.291. The second-order valence-corrected chi connectivity index (χ2v) is 13.6. The van der Waals surface area contributed by atoms with Crippen LogP contribution in [0.5, 0.6) is 11.5 Å². The lowest BCUT2D eigenvalue weighted by atomic mass is 10.0. The third-order valence-corrected chi connectivity index (χ3v) is 9.63. The molecule has 5 rings (SSSR count). The molecule has 1 aliphatic heterocycles. The first kappa shape index (κ1) is 31.7. The van der Waals surface area contributed by atoms with Gasteiger partial charge >= 0.3 is 0 Å². The molecule has 1 saturated carbocycles. The first-order valence-corrected chi connectivity index (χ1v) is 17.2. The Morgan fingerprint density at radius 2 is 1.68 bits per heavy atom.